The SMILES string of the molecule is C/C(=N/NC(=O)CNc1ccc(C)cc1)c1ccccc1F. The maximum Gasteiger partial charge on any atom is 0.259 e. The van der Waals surface area contributed by atoms with Crippen LogP contribution in [-0.4, -0.2) is 18.2 Å². The van der Waals surface area contributed by atoms with E-state index in [4.69, 9.17) is 0 Å². The first-order chi connectivity index (χ1) is 10.6. The minimum Gasteiger partial charge on any atom is -0.376 e. The first-order valence-electron chi connectivity index (χ1n) is 6.95. The fraction of sp³-hybridized carbons (Fsp3) is 0.176. The molecule has 2 aromatic rings. The van der Waals surface area contributed by atoms with Crippen LogP contribution in [0.5, 0.6) is 0 Å². The number of carbonyl (C=O) groups is 1. The Morgan fingerprint density at radius 2 is 1.82 bits per heavy atom. The van der Waals surface area contributed by atoms with E-state index in [0.29, 0.717) is 11.3 Å². The summed E-state index contributed by atoms with van der Waals surface area (Å²) < 4.78 is 13.6. The zero-order valence-corrected chi connectivity index (χ0v) is 12.6. The molecule has 1 amide bonds. The van der Waals surface area contributed by atoms with Crippen LogP contribution < -0.4 is 10.7 Å². The molecule has 0 spiro atoms. The predicted molar refractivity (Wildman–Crippen MR) is 86.4 cm³/mol. The third-order valence-corrected chi connectivity index (χ3v) is 3.12. The summed E-state index contributed by atoms with van der Waals surface area (Å²) in [5.74, 6) is -0.660. The molecular weight excluding hydrogens is 281 g/mol. The van der Waals surface area contributed by atoms with Gasteiger partial charge in [0.25, 0.3) is 5.91 Å². The van der Waals surface area contributed by atoms with Crippen LogP contribution in [0.2, 0.25) is 0 Å². The average Bonchev–Trinajstić information content (AvgIpc) is 2.52. The van der Waals surface area contributed by atoms with Crippen LogP contribution in [0.4, 0.5) is 10.1 Å². The number of nitrogens with one attached hydrogen (secondary N) is 2. The van der Waals surface area contributed by atoms with Crippen LogP contribution in [0.3, 0.4) is 0 Å². The Hall–Kier alpha value is -2.69. The summed E-state index contributed by atoms with van der Waals surface area (Å²) in [6.45, 7) is 3.74. The summed E-state index contributed by atoms with van der Waals surface area (Å²) in [4.78, 5) is 11.7. The molecule has 0 saturated carbocycles. The van der Waals surface area contributed by atoms with Gasteiger partial charge in [-0.2, -0.15) is 5.10 Å². The molecule has 0 aliphatic rings. The zero-order chi connectivity index (χ0) is 15.9. The number of aryl methyl sites for hydroxylation is 1. The van der Waals surface area contributed by atoms with E-state index >= 15 is 0 Å². The highest BCUT2D eigenvalue weighted by Gasteiger charge is 2.05. The molecular formula is C17H18FN3O. The van der Waals surface area contributed by atoms with E-state index in [1.807, 2.05) is 31.2 Å². The monoisotopic (exact) mass is 299 g/mol. The van der Waals surface area contributed by atoms with E-state index in [1.165, 1.54) is 6.07 Å². The minimum atomic E-state index is -0.365. The quantitative estimate of drug-likeness (QED) is 0.658. The van der Waals surface area contributed by atoms with Gasteiger partial charge in [0.2, 0.25) is 0 Å². The lowest BCUT2D eigenvalue weighted by Gasteiger charge is -2.06. The lowest BCUT2D eigenvalue weighted by atomic mass is 10.1. The normalized spacial score (nSPS) is 11.1. The number of amides is 1. The van der Waals surface area contributed by atoms with E-state index in [2.05, 4.69) is 15.8 Å². The lowest BCUT2D eigenvalue weighted by Crippen LogP contribution is -2.26. The van der Waals surface area contributed by atoms with Gasteiger partial charge in [-0.3, -0.25) is 4.79 Å². The van der Waals surface area contributed by atoms with Crippen molar-refractivity contribution in [3.63, 3.8) is 0 Å². The molecule has 114 valence electrons. The van der Waals surface area contributed by atoms with Crippen LogP contribution in [0.1, 0.15) is 18.1 Å². The van der Waals surface area contributed by atoms with Gasteiger partial charge in [-0.25, -0.2) is 9.82 Å². The molecule has 0 fully saturated rings. The Labute approximate surface area is 129 Å². The number of rotatable bonds is 5. The molecule has 4 nitrogen and oxygen atoms in total. The van der Waals surface area contributed by atoms with E-state index in [9.17, 15) is 9.18 Å². The molecule has 2 aromatic carbocycles. The van der Waals surface area contributed by atoms with Gasteiger partial charge in [0.1, 0.15) is 5.82 Å². The van der Waals surface area contributed by atoms with Crippen LogP contribution in [0.25, 0.3) is 0 Å². The van der Waals surface area contributed by atoms with Gasteiger partial charge >= 0.3 is 0 Å². The summed E-state index contributed by atoms with van der Waals surface area (Å²) in [6.07, 6.45) is 0. The van der Waals surface area contributed by atoms with E-state index < -0.39 is 0 Å². The molecule has 0 aromatic heterocycles. The maximum atomic E-state index is 13.6. The Bertz CT molecular complexity index is 681. The molecule has 2 rings (SSSR count). The van der Waals surface area contributed by atoms with Crippen LogP contribution in [0, 0.1) is 12.7 Å². The van der Waals surface area contributed by atoms with E-state index in [-0.39, 0.29) is 18.3 Å². The second-order valence-electron chi connectivity index (χ2n) is 4.93. The van der Waals surface area contributed by atoms with Crippen LogP contribution >= 0.6 is 0 Å². The molecule has 0 radical (unpaired) electrons. The van der Waals surface area contributed by atoms with Crippen molar-refractivity contribution in [1.82, 2.24) is 5.43 Å². The van der Waals surface area contributed by atoms with Crippen molar-refractivity contribution in [3.8, 4) is 0 Å². The van der Waals surface area contributed by atoms with Crippen molar-refractivity contribution in [2.24, 2.45) is 5.10 Å². The largest absolute Gasteiger partial charge is 0.376 e. The number of hydrogen-bond acceptors (Lipinski definition) is 3. The standard InChI is InChI=1S/C17H18FN3O/c1-12-7-9-14(10-8-12)19-11-17(22)21-20-13(2)15-5-3-4-6-16(15)18/h3-10,19H,11H2,1-2H3,(H,21,22)/b20-13-. The Balaban J connectivity index is 1.88. The first kappa shape index (κ1) is 15.7. The highest BCUT2D eigenvalue weighted by molar-refractivity contribution is 5.99. The third-order valence-electron chi connectivity index (χ3n) is 3.12. The number of hydrazone groups is 1. The average molecular weight is 299 g/mol. The Kier molecular flexibility index (Phi) is 5.25. The van der Waals surface area contributed by atoms with Gasteiger partial charge in [0.05, 0.1) is 12.3 Å². The summed E-state index contributed by atoms with van der Waals surface area (Å²) >= 11 is 0. The molecule has 22 heavy (non-hydrogen) atoms. The predicted octanol–water partition coefficient (Wildman–Crippen LogP) is 3.09. The number of nitrogens with zero attached hydrogens (tertiary/aromatic N) is 1. The second-order valence-corrected chi connectivity index (χ2v) is 4.93. The summed E-state index contributed by atoms with van der Waals surface area (Å²) in [6, 6.07) is 14.0. The van der Waals surface area contributed by atoms with Crippen molar-refractivity contribution < 1.29 is 9.18 Å². The van der Waals surface area contributed by atoms with Gasteiger partial charge in [-0.15, -0.1) is 0 Å². The van der Waals surface area contributed by atoms with Crippen LogP contribution in [-0.2, 0) is 4.79 Å². The topological polar surface area (TPSA) is 53.5 Å². The molecule has 0 aliphatic carbocycles. The summed E-state index contributed by atoms with van der Waals surface area (Å²) in [7, 11) is 0. The summed E-state index contributed by atoms with van der Waals surface area (Å²) in [5, 5.41) is 6.91. The van der Waals surface area contributed by atoms with Gasteiger partial charge in [-0.1, -0.05) is 35.9 Å². The van der Waals surface area contributed by atoms with Crippen molar-refractivity contribution >= 4 is 17.3 Å². The number of halogens is 1. The number of carbonyl (C=O) groups excluding carboxylic acids is 1. The third kappa shape index (κ3) is 4.41. The summed E-state index contributed by atoms with van der Waals surface area (Å²) in [5.41, 5.74) is 5.21. The fourth-order valence-corrected chi connectivity index (χ4v) is 1.85. The number of benzene rings is 2. The van der Waals surface area contributed by atoms with Gasteiger partial charge in [-0.05, 0) is 32.0 Å². The molecule has 0 atom stereocenters. The molecule has 0 unspecified atom stereocenters. The highest BCUT2D eigenvalue weighted by Crippen LogP contribution is 2.08. The molecule has 2 N–H and O–H groups in total. The lowest BCUT2D eigenvalue weighted by molar-refractivity contribution is -0.119. The van der Waals surface area contributed by atoms with Crippen LogP contribution in [0.15, 0.2) is 53.6 Å². The van der Waals surface area contributed by atoms with Gasteiger partial charge in [0.15, 0.2) is 0 Å². The molecule has 5 heteroatoms. The van der Waals surface area contributed by atoms with E-state index in [0.717, 1.165) is 11.3 Å². The maximum absolute atomic E-state index is 13.6. The van der Waals surface area contributed by atoms with Crippen molar-refractivity contribution in [2.75, 3.05) is 11.9 Å². The molecule has 0 aliphatic heterocycles. The smallest absolute Gasteiger partial charge is 0.259 e. The number of anilines is 1. The molecule has 0 bridgehead atoms. The first-order valence-corrected chi connectivity index (χ1v) is 6.95. The Morgan fingerprint density at radius 3 is 2.50 bits per heavy atom. The number of hydrogen-bond donors (Lipinski definition) is 2. The van der Waals surface area contributed by atoms with Crippen molar-refractivity contribution in [3.05, 3.63) is 65.5 Å². The molecule has 0 heterocycles. The highest BCUT2D eigenvalue weighted by atomic mass is 19.1. The van der Waals surface area contributed by atoms with Gasteiger partial charge in [0, 0.05) is 11.3 Å². The van der Waals surface area contributed by atoms with E-state index in [1.54, 1.807) is 25.1 Å². The fourth-order valence-electron chi connectivity index (χ4n) is 1.85. The van der Waals surface area contributed by atoms with Gasteiger partial charge < -0.3 is 5.32 Å². The van der Waals surface area contributed by atoms with Crippen molar-refractivity contribution in [2.45, 2.75) is 13.8 Å². The Morgan fingerprint density at radius 1 is 1.14 bits per heavy atom. The van der Waals surface area contributed by atoms with Crippen molar-refractivity contribution in [1.29, 1.82) is 0 Å². The minimum absolute atomic E-state index is 0.0944. The zero-order valence-electron chi connectivity index (χ0n) is 12.6. The molecule has 0 saturated heterocycles. The second kappa shape index (κ2) is 7.36.